The summed E-state index contributed by atoms with van der Waals surface area (Å²) in [6, 6.07) is 16.2. The molecular formula is C32H38N4O4. The van der Waals surface area contributed by atoms with Crippen LogP contribution in [0.4, 0.5) is 0 Å². The van der Waals surface area contributed by atoms with Crippen molar-refractivity contribution in [2.24, 2.45) is 0 Å². The number of nitro groups is 2. The molecule has 2 heterocycles. The van der Waals surface area contributed by atoms with Gasteiger partial charge in [0.25, 0.3) is 0 Å². The molecule has 0 bridgehead atoms. The predicted octanol–water partition coefficient (Wildman–Crippen LogP) is 8.69. The lowest BCUT2D eigenvalue weighted by Crippen LogP contribution is -1.96. The number of rotatable bonds is 17. The van der Waals surface area contributed by atoms with Crippen molar-refractivity contribution in [2.75, 3.05) is 0 Å². The van der Waals surface area contributed by atoms with Crippen LogP contribution in [0.2, 0.25) is 0 Å². The van der Waals surface area contributed by atoms with Crippen molar-refractivity contribution < 1.29 is 9.85 Å². The van der Waals surface area contributed by atoms with Crippen LogP contribution in [0.1, 0.15) is 75.3 Å². The van der Waals surface area contributed by atoms with Crippen LogP contribution in [0, 0.1) is 20.2 Å². The van der Waals surface area contributed by atoms with Crippen LogP contribution >= 0.6 is 0 Å². The lowest BCUT2D eigenvalue weighted by molar-refractivity contribution is -0.401. The number of aromatic nitrogens is 2. The lowest BCUT2D eigenvalue weighted by Gasteiger charge is -2.06. The first-order valence-electron chi connectivity index (χ1n) is 14.3. The van der Waals surface area contributed by atoms with Gasteiger partial charge in [0.05, 0.1) is 9.85 Å². The minimum Gasteiger partial charge on any atom is -0.347 e. The average Bonchev–Trinajstić information content (AvgIpc) is 3.49. The van der Waals surface area contributed by atoms with Crippen LogP contribution in [-0.4, -0.2) is 19.0 Å². The summed E-state index contributed by atoms with van der Waals surface area (Å²) >= 11 is 0. The van der Waals surface area contributed by atoms with Crippen LogP contribution in [0.3, 0.4) is 0 Å². The number of aryl methyl sites for hydroxylation is 2. The van der Waals surface area contributed by atoms with E-state index in [1.165, 1.54) is 51.4 Å². The minimum absolute atomic E-state index is 0.420. The molecule has 0 N–H and O–H groups in total. The summed E-state index contributed by atoms with van der Waals surface area (Å²) in [6.45, 7) is 1.86. The monoisotopic (exact) mass is 542 g/mol. The van der Waals surface area contributed by atoms with E-state index in [2.05, 4.69) is 21.3 Å². The normalized spacial score (nSPS) is 11.9. The number of unbranched alkanes of at least 4 members (excludes halogenated alkanes) is 9. The first kappa shape index (κ1) is 28.8. The van der Waals surface area contributed by atoms with Crippen LogP contribution in [-0.2, 0) is 13.1 Å². The zero-order valence-corrected chi connectivity index (χ0v) is 23.0. The van der Waals surface area contributed by atoms with Crippen molar-refractivity contribution in [1.82, 2.24) is 9.13 Å². The summed E-state index contributed by atoms with van der Waals surface area (Å²) in [5.41, 5.74) is 4.04. The molecule has 2 aromatic carbocycles. The minimum atomic E-state index is -0.420. The Labute approximate surface area is 234 Å². The molecule has 4 rings (SSSR count). The Hall–Kier alpha value is -4.20. The van der Waals surface area contributed by atoms with Gasteiger partial charge in [0, 0.05) is 70.6 Å². The van der Waals surface area contributed by atoms with E-state index < -0.39 is 9.85 Å². The van der Waals surface area contributed by atoms with Gasteiger partial charge >= 0.3 is 0 Å². The molecule has 2 aromatic heterocycles. The molecule has 0 unspecified atom stereocenters. The highest BCUT2D eigenvalue weighted by Gasteiger charge is 2.08. The highest BCUT2D eigenvalue weighted by Crippen LogP contribution is 2.25. The maximum atomic E-state index is 10.7. The van der Waals surface area contributed by atoms with Gasteiger partial charge in [-0.05, 0) is 25.0 Å². The summed E-state index contributed by atoms with van der Waals surface area (Å²) in [5, 5.41) is 23.5. The summed E-state index contributed by atoms with van der Waals surface area (Å²) in [5.74, 6) is 0. The molecule has 0 fully saturated rings. The van der Waals surface area contributed by atoms with Crippen LogP contribution < -0.4 is 0 Å². The summed E-state index contributed by atoms with van der Waals surface area (Å²) in [4.78, 5) is 20.6. The van der Waals surface area contributed by atoms with E-state index in [0.29, 0.717) is 0 Å². The Balaban J connectivity index is 1.08. The molecule has 40 heavy (non-hydrogen) atoms. The van der Waals surface area contributed by atoms with Gasteiger partial charge in [-0.2, -0.15) is 0 Å². The number of hydrogen-bond donors (Lipinski definition) is 0. The molecular weight excluding hydrogens is 504 g/mol. The van der Waals surface area contributed by atoms with Gasteiger partial charge in [0.15, 0.2) is 0 Å². The molecule has 0 radical (unpaired) electrons. The van der Waals surface area contributed by atoms with Gasteiger partial charge in [0.1, 0.15) is 0 Å². The molecule has 210 valence electrons. The van der Waals surface area contributed by atoms with Crippen molar-refractivity contribution in [3.05, 3.63) is 105 Å². The number of benzene rings is 2. The van der Waals surface area contributed by atoms with Gasteiger partial charge < -0.3 is 9.13 Å². The fraction of sp³-hybridized carbons (Fsp3) is 0.375. The van der Waals surface area contributed by atoms with Gasteiger partial charge in [-0.25, -0.2) is 0 Å². The zero-order chi connectivity index (χ0) is 28.2. The largest absolute Gasteiger partial charge is 0.347 e. The molecule has 4 aromatic rings. The van der Waals surface area contributed by atoms with E-state index in [1.54, 1.807) is 12.2 Å². The smallest absolute Gasteiger partial charge is 0.235 e. The van der Waals surface area contributed by atoms with E-state index in [4.69, 9.17) is 0 Å². The summed E-state index contributed by atoms with van der Waals surface area (Å²) < 4.78 is 4.44. The second-order valence-electron chi connectivity index (χ2n) is 10.3. The van der Waals surface area contributed by atoms with E-state index in [-0.39, 0.29) is 0 Å². The van der Waals surface area contributed by atoms with E-state index in [9.17, 15) is 20.2 Å². The third-order valence-electron chi connectivity index (χ3n) is 7.44. The van der Waals surface area contributed by atoms with E-state index in [0.717, 1.165) is 71.3 Å². The number of nitrogens with zero attached hydrogens (tertiary/aromatic N) is 4. The van der Waals surface area contributed by atoms with E-state index in [1.807, 2.05) is 48.8 Å². The molecule has 8 heteroatoms. The molecule has 0 spiro atoms. The number of fused-ring (bicyclic) bond motifs is 2. The average molecular weight is 543 g/mol. The second kappa shape index (κ2) is 14.8. The maximum Gasteiger partial charge on any atom is 0.235 e. The highest BCUT2D eigenvalue weighted by atomic mass is 16.6. The van der Waals surface area contributed by atoms with Crippen molar-refractivity contribution in [3.63, 3.8) is 0 Å². The first-order valence-corrected chi connectivity index (χ1v) is 14.3. The number of para-hydroxylation sites is 2. The third kappa shape index (κ3) is 8.15. The lowest BCUT2D eigenvalue weighted by atomic mass is 10.1. The van der Waals surface area contributed by atoms with Crippen molar-refractivity contribution >= 4 is 34.0 Å². The van der Waals surface area contributed by atoms with Crippen LogP contribution in [0.5, 0.6) is 0 Å². The maximum absolute atomic E-state index is 10.7. The van der Waals surface area contributed by atoms with Gasteiger partial charge in [-0.1, -0.05) is 87.8 Å². The van der Waals surface area contributed by atoms with Crippen LogP contribution in [0.15, 0.2) is 73.3 Å². The van der Waals surface area contributed by atoms with E-state index >= 15 is 0 Å². The fourth-order valence-electron chi connectivity index (χ4n) is 5.45. The van der Waals surface area contributed by atoms with Crippen molar-refractivity contribution in [3.8, 4) is 0 Å². The Morgan fingerprint density at radius 3 is 1.27 bits per heavy atom. The fourth-order valence-corrected chi connectivity index (χ4v) is 5.45. The molecule has 0 atom stereocenters. The van der Waals surface area contributed by atoms with Gasteiger partial charge in [0.2, 0.25) is 12.4 Å². The molecule has 0 aliphatic carbocycles. The first-order chi connectivity index (χ1) is 19.5. The molecule has 0 saturated heterocycles. The topological polar surface area (TPSA) is 96.1 Å². The zero-order valence-electron chi connectivity index (χ0n) is 23.0. The van der Waals surface area contributed by atoms with Gasteiger partial charge in [-0.3, -0.25) is 20.2 Å². The Morgan fingerprint density at radius 2 is 0.900 bits per heavy atom. The summed E-state index contributed by atoms with van der Waals surface area (Å²) in [7, 11) is 0. The molecule has 0 aliphatic heterocycles. The van der Waals surface area contributed by atoms with Crippen molar-refractivity contribution in [1.29, 1.82) is 0 Å². The Morgan fingerprint density at radius 1 is 0.550 bits per heavy atom. The van der Waals surface area contributed by atoms with Crippen molar-refractivity contribution in [2.45, 2.75) is 77.3 Å². The predicted molar refractivity (Wildman–Crippen MR) is 162 cm³/mol. The molecule has 0 amide bonds. The Kier molecular flexibility index (Phi) is 10.7. The Bertz CT molecular complexity index is 1370. The summed E-state index contributed by atoms with van der Waals surface area (Å²) in [6.07, 6.45) is 21.4. The third-order valence-corrected chi connectivity index (χ3v) is 7.44. The quantitative estimate of drug-likeness (QED) is 0.0757. The van der Waals surface area contributed by atoms with Crippen LogP contribution in [0.25, 0.3) is 34.0 Å². The molecule has 0 aliphatic rings. The standard InChI is InChI=1S/C32H38N4O4/c37-35(38)23-19-27-25-33(31-17-11-9-15-29(27)31)21-13-7-5-3-1-2-4-6-8-14-22-34-26-28(20-24-36(39)40)30-16-10-12-18-32(30)34/h9-12,15-20,23-26H,1-8,13-14,21-22H2/b23-19+,24-20+. The number of hydrogen-bond acceptors (Lipinski definition) is 4. The van der Waals surface area contributed by atoms with Gasteiger partial charge in [-0.15, -0.1) is 0 Å². The highest BCUT2D eigenvalue weighted by molar-refractivity contribution is 5.90. The molecule has 0 saturated carbocycles. The SMILES string of the molecule is O=[N+]([O-])/C=C/c1cn(CCCCCCCCCCCCn2cc(/C=C/[N+](=O)[O-])c3ccccc32)c2ccccc12. The second-order valence-corrected chi connectivity index (χ2v) is 10.3. The molecule has 8 nitrogen and oxygen atoms in total.